The maximum Gasteiger partial charge on any atom is 0.250 e. The smallest absolute Gasteiger partial charge is 0.250 e. The van der Waals surface area contributed by atoms with Gasteiger partial charge in [0.2, 0.25) is 17.7 Å². The summed E-state index contributed by atoms with van der Waals surface area (Å²) in [5.74, 6) is -1.06. The van der Waals surface area contributed by atoms with Crippen molar-refractivity contribution in [2.24, 2.45) is 0 Å². The molecule has 1 unspecified atom stereocenters. The monoisotopic (exact) mass is 388 g/mol. The Bertz CT molecular complexity index is 912. The molecule has 2 aliphatic heterocycles. The number of benzene rings is 1. The van der Waals surface area contributed by atoms with Crippen LogP contribution in [0.5, 0.6) is 0 Å². The van der Waals surface area contributed by atoms with Gasteiger partial charge >= 0.3 is 0 Å². The SMILES string of the molecule is CCN1C(=O)CC2(C1=O)C(=O)N(CCc1cccs1)c1ccc(Cl)cc12. The molecule has 0 N–H and O–H groups in total. The number of halogens is 1. The highest BCUT2D eigenvalue weighted by molar-refractivity contribution is 7.09. The summed E-state index contributed by atoms with van der Waals surface area (Å²) in [7, 11) is 0. The molecule has 2 aromatic rings. The normalized spacial score (nSPS) is 22.0. The van der Waals surface area contributed by atoms with Crippen LogP contribution in [0, 0.1) is 0 Å². The number of amides is 3. The van der Waals surface area contributed by atoms with Gasteiger partial charge in [0.25, 0.3) is 0 Å². The first-order valence-corrected chi connectivity index (χ1v) is 9.74. The Kier molecular flexibility index (Phi) is 4.12. The quantitative estimate of drug-likeness (QED) is 0.597. The lowest BCUT2D eigenvalue weighted by Gasteiger charge is -2.22. The summed E-state index contributed by atoms with van der Waals surface area (Å²) in [6.07, 6.45) is 0.572. The standard InChI is InChI=1S/C19H17ClN2O3S/c1-2-21-16(23)11-19(17(21)24)14-10-12(20)5-6-15(14)22(18(19)25)8-7-13-4-3-9-26-13/h3-6,9-10H,2,7-8,11H2,1H3. The van der Waals surface area contributed by atoms with Gasteiger partial charge in [0.15, 0.2) is 5.41 Å². The fraction of sp³-hybridized carbons (Fsp3) is 0.316. The number of likely N-dealkylation sites (tertiary alicyclic amines) is 1. The summed E-state index contributed by atoms with van der Waals surface area (Å²) in [4.78, 5) is 42.8. The van der Waals surface area contributed by atoms with Gasteiger partial charge in [0.1, 0.15) is 0 Å². The second kappa shape index (κ2) is 6.21. The molecule has 1 aromatic carbocycles. The summed E-state index contributed by atoms with van der Waals surface area (Å²) in [6.45, 7) is 2.46. The van der Waals surface area contributed by atoms with Crippen LogP contribution in [0.15, 0.2) is 35.7 Å². The molecular weight excluding hydrogens is 372 g/mol. The van der Waals surface area contributed by atoms with E-state index in [1.807, 2.05) is 17.5 Å². The molecule has 1 aromatic heterocycles. The Morgan fingerprint density at radius 1 is 1.15 bits per heavy atom. The molecule has 2 aliphatic rings. The van der Waals surface area contributed by atoms with Crippen molar-refractivity contribution in [2.45, 2.75) is 25.2 Å². The predicted octanol–water partition coefficient (Wildman–Crippen LogP) is 3.01. The summed E-state index contributed by atoms with van der Waals surface area (Å²) in [5.41, 5.74) is -0.228. The van der Waals surface area contributed by atoms with Crippen LogP contribution < -0.4 is 4.90 Å². The average molecular weight is 389 g/mol. The van der Waals surface area contributed by atoms with E-state index in [1.54, 1.807) is 41.4 Å². The number of rotatable bonds is 4. The number of carbonyl (C=O) groups excluding carboxylic acids is 3. The molecule has 3 amide bonds. The van der Waals surface area contributed by atoms with E-state index in [4.69, 9.17) is 11.6 Å². The maximum atomic E-state index is 13.4. The topological polar surface area (TPSA) is 57.7 Å². The van der Waals surface area contributed by atoms with E-state index in [0.29, 0.717) is 29.2 Å². The fourth-order valence-electron chi connectivity index (χ4n) is 3.88. The fourth-order valence-corrected chi connectivity index (χ4v) is 4.75. The lowest BCUT2D eigenvalue weighted by molar-refractivity contribution is -0.141. The van der Waals surface area contributed by atoms with Gasteiger partial charge in [-0.1, -0.05) is 17.7 Å². The van der Waals surface area contributed by atoms with Crippen LogP contribution in [0.2, 0.25) is 5.02 Å². The summed E-state index contributed by atoms with van der Waals surface area (Å²) in [5, 5.41) is 2.44. The van der Waals surface area contributed by atoms with Crippen LogP contribution in [-0.2, 0) is 26.2 Å². The highest BCUT2D eigenvalue weighted by Gasteiger charge is 2.63. The van der Waals surface area contributed by atoms with Gasteiger partial charge < -0.3 is 4.90 Å². The van der Waals surface area contributed by atoms with E-state index in [0.717, 1.165) is 0 Å². The predicted molar refractivity (Wildman–Crippen MR) is 101 cm³/mol. The van der Waals surface area contributed by atoms with Crippen molar-refractivity contribution < 1.29 is 14.4 Å². The number of nitrogens with zero attached hydrogens (tertiary/aromatic N) is 2. The molecule has 1 fully saturated rings. The molecule has 7 heteroatoms. The maximum absolute atomic E-state index is 13.4. The molecule has 1 saturated heterocycles. The number of likely N-dealkylation sites (N-methyl/N-ethyl adjacent to an activating group) is 1. The zero-order chi connectivity index (χ0) is 18.5. The zero-order valence-electron chi connectivity index (χ0n) is 14.2. The molecule has 0 aliphatic carbocycles. The number of fused-ring (bicyclic) bond motifs is 2. The van der Waals surface area contributed by atoms with Gasteiger partial charge in [-0.15, -0.1) is 11.3 Å². The Labute approximate surface area is 160 Å². The van der Waals surface area contributed by atoms with Crippen LogP contribution in [0.4, 0.5) is 5.69 Å². The average Bonchev–Trinajstić information content (AvgIpc) is 3.27. The van der Waals surface area contributed by atoms with Gasteiger partial charge in [-0.2, -0.15) is 0 Å². The van der Waals surface area contributed by atoms with Crippen LogP contribution in [-0.4, -0.2) is 35.7 Å². The van der Waals surface area contributed by atoms with Crippen molar-refractivity contribution in [3.05, 3.63) is 51.2 Å². The van der Waals surface area contributed by atoms with Crippen LogP contribution in [0.3, 0.4) is 0 Å². The van der Waals surface area contributed by atoms with E-state index in [9.17, 15) is 14.4 Å². The summed E-state index contributed by atoms with van der Waals surface area (Å²) >= 11 is 7.79. The van der Waals surface area contributed by atoms with Gasteiger partial charge in [-0.25, -0.2) is 0 Å². The third-order valence-electron chi connectivity index (χ3n) is 5.13. The van der Waals surface area contributed by atoms with Crippen molar-refractivity contribution in [1.82, 2.24) is 4.90 Å². The minimum Gasteiger partial charge on any atom is -0.310 e. The zero-order valence-corrected chi connectivity index (χ0v) is 15.8. The lowest BCUT2D eigenvalue weighted by atomic mass is 9.80. The van der Waals surface area contributed by atoms with E-state index >= 15 is 0 Å². The molecular formula is C19H17ClN2O3S. The lowest BCUT2D eigenvalue weighted by Crippen LogP contribution is -2.46. The first-order valence-electron chi connectivity index (χ1n) is 8.48. The molecule has 1 spiro atoms. The van der Waals surface area contributed by atoms with Crippen LogP contribution in [0.1, 0.15) is 23.8 Å². The first kappa shape index (κ1) is 17.2. The van der Waals surface area contributed by atoms with Crippen molar-refractivity contribution in [2.75, 3.05) is 18.0 Å². The van der Waals surface area contributed by atoms with Gasteiger partial charge in [-0.3, -0.25) is 19.3 Å². The van der Waals surface area contributed by atoms with E-state index in [-0.39, 0.29) is 24.8 Å². The highest BCUT2D eigenvalue weighted by atomic mass is 35.5. The molecule has 26 heavy (non-hydrogen) atoms. The molecule has 0 radical (unpaired) electrons. The Balaban J connectivity index is 1.77. The minimum atomic E-state index is -1.46. The Morgan fingerprint density at radius 2 is 1.92 bits per heavy atom. The molecule has 0 bridgehead atoms. The third-order valence-corrected chi connectivity index (χ3v) is 6.30. The van der Waals surface area contributed by atoms with Gasteiger partial charge in [-0.05, 0) is 43.0 Å². The number of carbonyl (C=O) groups is 3. The Hall–Kier alpha value is -2.18. The molecule has 3 heterocycles. The minimum absolute atomic E-state index is 0.124. The van der Waals surface area contributed by atoms with Gasteiger partial charge in [0.05, 0.1) is 6.42 Å². The number of hydrogen-bond donors (Lipinski definition) is 0. The van der Waals surface area contributed by atoms with Crippen LogP contribution in [0.25, 0.3) is 0 Å². The van der Waals surface area contributed by atoms with E-state index in [2.05, 4.69) is 0 Å². The number of thiophene rings is 1. The van der Waals surface area contributed by atoms with Crippen molar-refractivity contribution in [3.63, 3.8) is 0 Å². The summed E-state index contributed by atoms with van der Waals surface area (Å²) in [6, 6.07) is 9.13. The second-order valence-corrected chi connectivity index (χ2v) is 7.94. The molecule has 4 rings (SSSR count). The largest absolute Gasteiger partial charge is 0.310 e. The highest BCUT2D eigenvalue weighted by Crippen LogP contribution is 2.49. The molecule has 0 saturated carbocycles. The van der Waals surface area contributed by atoms with E-state index < -0.39 is 11.3 Å². The third kappa shape index (κ3) is 2.32. The van der Waals surface area contributed by atoms with Crippen molar-refractivity contribution in [3.8, 4) is 0 Å². The van der Waals surface area contributed by atoms with Crippen LogP contribution >= 0.6 is 22.9 Å². The number of imide groups is 1. The second-order valence-electron chi connectivity index (χ2n) is 6.47. The van der Waals surface area contributed by atoms with Crippen molar-refractivity contribution >= 4 is 46.3 Å². The number of hydrogen-bond acceptors (Lipinski definition) is 4. The Morgan fingerprint density at radius 3 is 2.58 bits per heavy atom. The van der Waals surface area contributed by atoms with E-state index in [1.165, 1.54) is 9.78 Å². The first-order chi connectivity index (χ1) is 12.5. The molecule has 1 atom stereocenters. The number of anilines is 1. The molecule has 5 nitrogen and oxygen atoms in total. The molecule has 134 valence electrons. The summed E-state index contributed by atoms with van der Waals surface area (Å²) < 4.78 is 0. The van der Waals surface area contributed by atoms with Gasteiger partial charge in [0, 0.05) is 34.2 Å². The van der Waals surface area contributed by atoms with Crippen molar-refractivity contribution in [1.29, 1.82) is 0 Å².